The van der Waals surface area contributed by atoms with Crippen LogP contribution < -0.4 is 5.32 Å². The molecule has 0 bridgehead atoms. The van der Waals surface area contributed by atoms with E-state index in [-0.39, 0.29) is 11.3 Å². The van der Waals surface area contributed by atoms with Crippen molar-refractivity contribution in [2.24, 2.45) is 7.05 Å². The average Bonchev–Trinajstić information content (AvgIpc) is 2.81. The van der Waals surface area contributed by atoms with Gasteiger partial charge < -0.3 is 5.32 Å². The summed E-state index contributed by atoms with van der Waals surface area (Å²) in [6, 6.07) is 6.07. The van der Waals surface area contributed by atoms with Gasteiger partial charge in [0.05, 0.1) is 11.3 Å². The molecule has 0 amide bonds. The number of aromatic nitrogens is 2. The monoisotopic (exact) mass is 262 g/mol. The van der Waals surface area contributed by atoms with E-state index in [1.54, 1.807) is 16.9 Å². The van der Waals surface area contributed by atoms with E-state index in [1.165, 1.54) is 12.1 Å². The second-order valence-corrected chi connectivity index (χ2v) is 4.02. The maximum atomic E-state index is 13.6. The Hall–Kier alpha value is -2.42. The van der Waals surface area contributed by atoms with E-state index in [1.807, 2.05) is 13.1 Å². The Kier molecular flexibility index (Phi) is 3.76. The molecule has 6 heteroatoms. The Morgan fingerprint density at radius 2 is 2.11 bits per heavy atom. The molecule has 1 N–H and O–H groups in total. The van der Waals surface area contributed by atoms with E-state index in [0.717, 1.165) is 5.69 Å². The number of benzene rings is 1. The smallest absolute Gasteiger partial charge is 0.183 e. The predicted octanol–water partition coefficient (Wildman–Crippen LogP) is 2.22. The molecule has 0 unspecified atom stereocenters. The minimum absolute atomic E-state index is 0.0543. The molecule has 0 aliphatic heterocycles. The van der Waals surface area contributed by atoms with E-state index in [4.69, 9.17) is 5.26 Å². The molecule has 1 aromatic carbocycles. The first-order chi connectivity index (χ1) is 9.13. The van der Waals surface area contributed by atoms with Gasteiger partial charge in [0.2, 0.25) is 0 Å². The molecule has 1 heterocycles. The van der Waals surface area contributed by atoms with Crippen LogP contribution in [0, 0.1) is 23.0 Å². The van der Waals surface area contributed by atoms with Gasteiger partial charge in [0.25, 0.3) is 0 Å². The normalized spacial score (nSPS) is 10.2. The highest BCUT2D eigenvalue weighted by Crippen LogP contribution is 2.20. The standard InChI is InChI=1S/C13H12F2N4/c1-19-10(5-7-18-19)4-6-17-11-3-2-9(8-16)12(14)13(11)15/h2-3,5,7,17H,4,6H2,1H3. The Labute approximate surface area is 109 Å². The van der Waals surface area contributed by atoms with Crippen LogP contribution in [0.3, 0.4) is 0 Å². The van der Waals surface area contributed by atoms with Crippen LogP contribution in [-0.4, -0.2) is 16.3 Å². The fourth-order valence-corrected chi connectivity index (χ4v) is 1.74. The summed E-state index contributed by atoms with van der Waals surface area (Å²) < 4.78 is 28.7. The topological polar surface area (TPSA) is 53.6 Å². The van der Waals surface area contributed by atoms with Gasteiger partial charge in [-0.3, -0.25) is 4.68 Å². The molecule has 0 saturated carbocycles. The van der Waals surface area contributed by atoms with Crippen molar-refractivity contribution in [3.05, 3.63) is 47.3 Å². The van der Waals surface area contributed by atoms with Gasteiger partial charge in [0.1, 0.15) is 6.07 Å². The van der Waals surface area contributed by atoms with Gasteiger partial charge in [-0.05, 0) is 18.2 Å². The highest BCUT2D eigenvalue weighted by molar-refractivity contribution is 5.49. The van der Waals surface area contributed by atoms with E-state index in [2.05, 4.69) is 10.4 Å². The highest BCUT2D eigenvalue weighted by Gasteiger charge is 2.12. The van der Waals surface area contributed by atoms with Crippen LogP contribution >= 0.6 is 0 Å². The van der Waals surface area contributed by atoms with Crippen molar-refractivity contribution < 1.29 is 8.78 Å². The summed E-state index contributed by atoms with van der Waals surface area (Å²) in [4.78, 5) is 0. The first-order valence-electron chi connectivity index (χ1n) is 5.72. The van der Waals surface area contributed by atoms with E-state index in [9.17, 15) is 8.78 Å². The molecule has 0 aliphatic rings. The van der Waals surface area contributed by atoms with Gasteiger partial charge in [-0.25, -0.2) is 8.78 Å². The van der Waals surface area contributed by atoms with Crippen molar-refractivity contribution in [1.82, 2.24) is 9.78 Å². The van der Waals surface area contributed by atoms with Crippen LogP contribution in [0.25, 0.3) is 0 Å². The third-order valence-electron chi connectivity index (χ3n) is 2.82. The maximum Gasteiger partial charge on any atom is 0.183 e. The number of hydrogen-bond donors (Lipinski definition) is 1. The zero-order valence-corrected chi connectivity index (χ0v) is 10.3. The lowest BCUT2D eigenvalue weighted by Crippen LogP contribution is -2.10. The van der Waals surface area contributed by atoms with Crippen molar-refractivity contribution in [2.75, 3.05) is 11.9 Å². The molecule has 0 aliphatic carbocycles. The predicted molar refractivity (Wildman–Crippen MR) is 66.5 cm³/mol. The Morgan fingerprint density at radius 3 is 2.74 bits per heavy atom. The summed E-state index contributed by atoms with van der Waals surface area (Å²) in [5, 5.41) is 15.4. The summed E-state index contributed by atoms with van der Waals surface area (Å²) in [7, 11) is 1.82. The van der Waals surface area contributed by atoms with E-state index >= 15 is 0 Å². The molecule has 0 atom stereocenters. The van der Waals surface area contributed by atoms with Gasteiger partial charge in [-0.15, -0.1) is 0 Å². The quantitative estimate of drug-likeness (QED) is 0.919. The second-order valence-electron chi connectivity index (χ2n) is 4.02. The highest BCUT2D eigenvalue weighted by atomic mass is 19.2. The fourth-order valence-electron chi connectivity index (χ4n) is 1.74. The SMILES string of the molecule is Cn1nccc1CCNc1ccc(C#N)c(F)c1F. The van der Waals surface area contributed by atoms with Crippen LogP contribution in [-0.2, 0) is 13.5 Å². The van der Waals surface area contributed by atoms with Crippen molar-refractivity contribution >= 4 is 5.69 Å². The lowest BCUT2D eigenvalue weighted by Gasteiger charge is -2.08. The molecule has 2 rings (SSSR count). The molecule has 19 heavy (non-hydrogen) atoms. The Balaban J connectivity index is 2.03. The number of nitrogens with one attached hydrogen (secondary N) is 1. The molecule has 0 spiro atoms. The minimum Gasteiger partial charge on any atom is -0.382 e. The third kappa shape index (κ3) is 2.71. The Morgan fingerprint density at radius 1 is 1.32 bits per heavy atom. The van der Waals surface area contributed by atoms with Gasteiger partial charge >= 0.3 is 0 Å². The van der Waals surface area contributed by atoms with Crippen LogP contribution in [0.5, 0.6) is 0 Å². The van der Waals surface area contributed by atoms with Crippen LogP contribution in [0.15, 0.2) is 24.4 Å². The molecular weight excluding hydrogens is 250 g/mol. The molecule has 1 aromatic heterocycles. The van der Waals surface area contributed by atoms with Crippen LogP contribution in [0.1, 0.15) is 11.3 Å². The molecule has 0 saturated heterocycles. The molecule has 2 aromatic rings. The van der Waals surface area contributed by atoms with Gasteiger partial charge in [-0.1, -0.05) is 0 Å². The summed E-state index contributed by atoms with van der Waals surface area (Å²) in [5.41, 5.74) is 0.746. The first-order valence-corrected chi connectivity index (χ1v) is 5.72. The van der Waals surface area contributed by atoms with Crippen molar-refractivity contribution in [3.63, 3.8) is 0 Å². The van der Waals surface area contributed by atoms with Crippen molar-refractivity contribution in [1.29, 1.82) is 5.26 Å². The average molecular weight is 262 g/mol. The van der Waals surface area contributed by atoms with Crippen molar-refractivity contribution in [2.45, 2.75) is 6.42 Å². The molecule has 4 nitrogen and oxygen atoms in total. The minimum atomic E-state index is -1.12. The lowest BCUT2D eigenvalue weighted by atomic mass is 10.2. The largest absolute Gasteiger partial charge is 0.382 e. The summed E-state index contributed by atoms with van der Waals surface area (Å²) >= 11 is 0. The van der Waals surface area contributed by atoms with Gasteiger partial charge in [-0.2, -0.15) is 10.4 Å². The number of hydrogen-bond acceptors (Lipinski definition) is 3. The number of nitriles is 1. The maximum absolute atomic E-state index is 13.6. The molecular formula is C13H12F2N4. The van der Waals surface area contributed by atoms with Crippen LogP contribution in [0.4, 0.5) is 14.5 Å². The summed E-state index contributed by atoms with van der Waals surface area (Å²) in [5.74, 6) is -2.14. The van der Waals surface area contributed by atoms with Crippen molar-refractivity contribution in [3.8, 4) is 6.07 Å². The first kappa shape index (κ1) is 13.0. The fraction of sp³-hybridized carbons (Fsp3) is 0.231. The van der Waals surface area contributed by atoms with E-state index in [0.29, 0.717) is 13.0 Å². The summed E-state index contributed by atoms with van der Waals surface area (Å²) in [6.07, 6.45) is 2.31. The molecule has 0 fully saturated rings. The summed E-state index contributed by atoms with van der Waals surface area (Å²) in [6.45, 7) is 0.446. The number of nitrogens with zero attached hydrogens (tertiary/aromatic N) is 3. The number of rotatable bonds is 4. The Bertz CT molecular complexity index is 628. The number of anilines is 1. The lowest BCUT2D eigenvalue weighted by molar-refractivity contribution is 0.508. The van der Waals surface area contributed by atoms with Gasteiger partial charge in [0.15, 0.2) is 11.6 Å². The molecule has 98 valence electrons. The van der Waals surface area contributed by atoms with Crippen LogP contribution in [0.2, 0.25) is 0 Å². The van der Waals surface area contributed by atoms with Gasteiger partial charge in [0, 0.05) is 31.9 Å². The second kappa shape index (κ2) is 5.48. The molecule has 0 radical (unpaired) electrons. The third-order valence-corrected chi connectivity index (χ3v) is 2.82. The zero-order chi connectivity index (χ0) is 13.8. The van der Waals surface area contributed by atoms with E-state index < -0.39 is 11.6 Å². The number of halogens is 2. The number of aryl methyl sites for hydroxylation is 1. The zero-order valence-electron chi connectivity index (χ0n) is 10.3.